The number of nitrogens with zero attached hydrogens (tertiary/aromatic N) is 1. The maximum absolute atomic E-state index is 2.49. The van der Waals surface area contributed by atoms with Crippen LogP contribution >= 0.6 is 0 Å². The van der Waals surface area contributed by atoms with Gasteiger partial charge in [0.05, 0.1) is 5.69 Å². The zero-order valence-electron chi connectivity index (χ0n) is 24.9. The van der Waals surface area contributed by atoms with Gasteiger partial charge < -0.3 is 4.90 Å². The van der Waals surface area contributed by atoms with E-state index in [-0.39, 0.29) is 5.41 Å². The first kappa shape index (κ1) is 25.6. The van der Waals surface area contributed by atoms with Gasteiger partial charge in [-0.1, -0.05) is 128 Å². The Hall–Kier alpha value is -4.88. The van der Waals surface area contributed by atoms with Gasteiger partial charge in [0.2, 0.25) is 0 Å². The van der Waals surface area contributed by atoms with Crippen molar-refractivity contribution in [1.29, 1.82) is 0 Å². The highest BCUT2D eigenvalue weighted by Crippen LogP contribution is 2.67. The monoisotopic (exact) mass is 565 g/mol. The van der Waals surface area contributed by atoms with Gasteiger partial charge in [-0.15, -0.1) is 0 Å². The summed E-state index contributed by atoms with van der Waals surface area (Å²) in [5, 5.41) is 0. The molecule has 2 bridgehead atoms. The van der Waals surface area contributed by atoms with E-state index in [1.54, 1.807) is 11.1 Å². The molecular weight excluding hydrogens is 530 g/mol. The van der Waals surface area contributed by atoms with Gasteiger partial charge in [-0.05, 0) is 100 Å². The molecule has 9 rings (SSSR count). The number of hydrogen-bond acceptors (Lipinski definition) is 1. The smallest absolute Gasteiger partial charge is 0.0543 e. The van der Waals surface area contributed by atoms with E-state index in [2.05, 4.69) is 157 Å². The molecule has 1 spiro atoms. The lowest BCUT2D eigenvalue weighted by Gasteiger charge is -2.37. The molecule has 3 aliphatic carbocycles. The predicted molar refractivity (Wildman–Crippen MR) is 184 cm³/mol. The molecule has 2 saturated carbocycles. The van der Waals surface area contributed by atoms with E-state index in [1.165, 1.54) is 76.1 Å². The highest BCUT2D eigenvalue weighted by Gasteiger charge is 2.57. The average molecular weight is 566 g/mol. The Kier molecular flexibility index (Phi) is 5.88. The average Bonchev–Trinajstić information content (AvgIpc) is 3.80. The summed E-state index contributed by atoms with van der Waals surface area (Å²) >= 11 is 0. The van der Waals surface area contributed by atoms with Crippen LogP contribution in [-0.4, -0.2) is 0 Å². The Labute approximate surface area is 260 Å². The first-order valence-electron chi connectivity index (χ1n) is 16.1. The molecule has 212 valence electrons. The van der Waals surface area contributed by atoms with Crippen molar-refractivity contribution < 1.29 is 0 Å². The fraction of sp³-hybridized carbons (Fsp3) is 0.163. The molecule has 3 unspecified atom stereocenters. The van der Waals surface area contributed by atoms with Crippen molar-refractivity contribution in [3.8, 4) is 33.4 Å². The normalized spacial score (nSPS) is 20.9. The van der Waals surface area contributed by atoms with Crippen LogP contribution in [0.3, 0.4) is 0 Å². The summed E-state index contributed by atoms with van der Waals surface area (Å²) < 4.78 is 0. The van der Waals surface area contributed by atoms with Crippen LogP contribution in [0.2, 0.25) is 0 Å². The molecule has 0 saturated heterocycles. The predicted octanol–water partition coefficient (Wildman–Crippen LogP) is 11.6. The lowest BCUT2D eigenvalue weighted by atomic mass is 9.67. The van der Waals surface area contributed by atoms with Crippen LogP contribution in [-0.2, 0) is 5.41 Å². The Morgan fingerprint density at radius 3 is 1.59 bits per heavy atom. The first-order valence-corrected chi connectivity index (χ1v) is 16.1. The van der Waals surface area contributed by atoms with Gasteiger partial charge in [0, 0.05) is 22.4 Å². The van der Waals surface area contributed by atoms with Crippen LogP contribution in [0.15, 0.2) is 152 Å². The summed E-state index contributed by atoms with van der Waals surface area (Å²) in [6.07, 6.45) is 5.43. The van der Waals surface area contributed by atoms with Crippen molar-refractivity contribution in [1.82, 2.24) is 0 Å². The Balaban J connectivity index is 1.23. The Morgan fingerprint density at radius 2 is 1.02 bits per heavy atom. The van der Waals surface area contributed by atoms with Gasteiger partial charge >= 0.3 is 0 Å². The second-order valence-electron chi connectivity index (χ2n) is 13.0. The topological polar surface area (TPSA) is 3.24 Å². The minimum absolute atomic E-state index is 0.158. The fourth-order valence-corrected chi connectivity index (χ4v) is 8.90. The molecule has 3 atom stereocenters. The Bertz CT molecular complexity index is 1870. The molecule has 0 N–H and O–H groups in total. The van der Waals surface area contributed by atoms with Crippen molar-refractivity contribution in [2.45, 2.75) is 31.1 Å². The summed E-state index contributed by atoms with van der Waals surface area (Å²) in [5.74, 6) is 1.60. The lowest BCUT2D eigenvalue weighted by Crippen LogP contribution is -2.31. The molecule has 0 heterocycles. The van der Waals surface area contributed by atoms with Crippen molar-refractivity contribution in [3.63, 3.8) is 0 Å². The van der Waals surface area contributed by atoms with Crippen LogP contribution in [0.1, 0.15) is 36.8 Å². The fourth-order valence-electron chi connectivity index (χ4n) is 8.90. The summed E-state index contributed by atoms with van der Waals surface area (Å²) in [5.41, 5.74) is 14.7. The number of rotatable bonds is 5. The largest absolute Gasteiger partial charge is 0.310 e. The molecule has 1 nitrogen and oxygen atoms in total. The number of fused-ring (bicyclic) bond motifs is 8. The van der Waals surface area contributed by atoms with Crippen molar-refractivity contribution in [2.24, 2.45) is 11.8 Å². The highest BCUT2D eigenvalue weighted by atomic mass is 15.1. The third kappa shape index (κ3) is 3.85. The first-order chi connectivity index (χ1) is 21.8. The summed E-state index contributed by atoms with van der Waals surface area (Å²) in [6, 6.07) is 56.0. The maximum Gasteiger partial charge on any atom is 0.0543 e. The van der Waals surface area contributed by atoms with E-state index >= 15 is 0 Å². The number of hydrogen-bond donors (Lipinski definition) is 0. The van der Waals surface area contributed by atoms with E-state index in [1.807, 2.05) is 0 Å². The van der Waals surface area contributed by atoms with Crippen molar-refractivity contribution in [3.05, 3.63) is 163 Å². The second-order valence-corrected chi connectivity index (χ2v) is 13.0. The minimum Gasteiger partial charge on any atom is -0.310 e. The quantitative estimate of drug-likeness (QED) is 0.201. The second kappa shape index (κ2) is 10.1. The van der Waals surface area contributed by atoms with E-state index in [0.29, 0.717) is 0 Å². The lowest BCUT2D eigenvalue weighted by molar-refractivity contribution is 0.327. The van der Waals surface area contributed by atoms with Gasteiger partial charge in [-0.3, -0.25) is 0 Å². The molecular formula is C43H35N. The van der Waals surface area contributed by atoms with Gasteiger partial charge in [-0.25, -0.2) is 0 Å². The van der Waals surface area contributed by atoms with Crippen LogP contribution in [0.4, 0.5) is 17.1 Å². The van der Waals surface area contributed by atoms with Gasteiger partial charge in [0.15, 0.2) is 0 Å². The van der Waals surface area contributed by atoms with E-state index < -0.39 is 0 Å². The molecule has 0 radical (unpaired) electrons. The van der Waals surface area contributed by atoms with Gasteiger partial charge in [0.1, 0.15) is 0 Å². The standard InChI is InChI=1S/C43H35N/c1-3-10-31(11-4-1)33-19-24-36(25-20-33)44(37-26-21-34(22-27-37)32-12-5-2-6-13-32)41-17-9-16-40-42(41)38-14-7-8-15-39(38)43(40)29-30-18-23-35(43)28-30/h1-17,19-22,24-27,30,35H,18,23,28-29H2. The van der Waals surface area contributed by atoms with Crippen molar-refractivity contribution in [2.75, 3.05) is 4.90 Å². The van der Waals surface area contributed by atoms with Crippen molar-refractivity contribution >= 4 is 17.1 Å². The molecule has 0 aromatic heterocycles. The van der Waals surface area contributed by atoms with Crippen LogP contribution < -0.4 is 4.90 Å². The van der Waals surface area contributed by atoms with Gasteiger partial charge in [0.25, 0.3) is 0 Å². The Morgan fingerprint density at radius 1 is 0.477 bits per heavy atom. The van der Waals surface area contributed by atoms with Gasteiger partial charge in [-0.2, -0.15) is 0 Å². The molecule has 0 amide bonds. The highest BCUT2D eigenvalue weighted by molar-refractivity contribution is 5.95. The number of benzene rings is 6. The van der Waals surface area contributed by atoms with Crippen LogP contribution in [0.5, 0.6) is 0 Å². The zero-order valence-corrected chi connectivity index (χ0v) is 24.9. The molecule has 6 aromatic rings. The molecule has 44 heavy (non-hydrogen) atoms. The molecule has 1 heteroatoms. The molecule has 0 aliphatic heterocycles. The minimum atomic E-state index is 0.158. The summed E-state index contributed by atoms with van der Waals surface area (Å²) in [6.45, 7) is 0. The van der Waals surface area contributed by atoms with E-state index in [4.69, 9.17) is 0 Å². The summed E-state index contributed by atoms with van der Waals surface area (Å²) in [7, 11) is 0. The SMILES string of the molecule is c1ccc(-c2ccc(N(c3ccc(-c4ccccc4)cc3)c3cccc4c3-c3ccccc3C43CC4CCC3C4)cc2)cc1. The maximum atomic E-state index is 2.49. The molecule has 2 fully saturated rings. The van der Waals surface area contributed by atoms with E-state index in [0.717, 1.165) is 11.8 Å². The molecule has 6 aromatic carbocycles. The third-order valence-electron chi connectivity index (χ3n) is 10.8. The van der Waals surface area contributed by atoms with E-state index in [9.17, 15) is 0 Å². The zero-order chi connectivity index (χ0) is 29.1. The summed E-state index contributed by atoms with van der Waals surface area (Å²) in [4.78, 5) is 2.49. The van der Waals surface area contributed by atoms with Crippen LogP contribution in [0, 0.1) is 11.8 Å². The number of anilines is 3. The third-order valence-corrected chi connectivity index (χ3v) is 10.8. The molecule has 3 aliphatic rings. The van der Waals surface area contributed by atoms with Crippen LogP contribution in [0.25, 0.3) is 33.4 Å².